The summed E-state index contributed by atoms with van der Waals surface area (Å²) in [6.07, 6.45) is 1.71. The summed E-state index contributed by atoms with van der Waals surface area (Å²) in [6.45, 7) is 0.717. The molecule has 13 heavy (non-hydrogen) atoms. The molecular weight excluding hydrogens is 186 g/mol. The van der Waals surface area contributed by atoms with Gasteiger partial charge in [0.05, 0.1) is 0 Å². The van der Waals surface area contributed by atoms with Crippen LogP contribution in [0.2, 0.25) is 0 Å². The predicted molar refractivity (Wildman–Crippen MR) is 51.5 cm³/mol. The topological polar surface area (TPSA) is 20.3 Å². The highest BCUT2D eigenvalue weighted by atomic mass is 35.5. The molecule has 0 aromatic heterocycles. The van der Waals surface area contributed by atoms with Crippen molar-refractivity contribution < 1.29 is 4.79 Å². The highest BCUT2D eigenvalue weighted by Gasteiger charge is 2.23. The first-order valence-electron chi connectivity index (χ1n) is 4.26. The van der Waals surface area contributed by atoms with E-state index in [1.165, 1.54) is 5.56 Å². The molecule has 1 atom stereocenters. The van der Waals surface area contributed by atoms with Gasteiger partial charge in [-0.15, -0.1) is 0 Å². The Morgan fingerprint density at radius 3 is 3.00 bits per heavy atom. The SMILES string of the molecule is O=CN1CCc2ccccc2C1Cl. The van der Waals surface area contributed by atoms with Gasteiger partial charge in [0.1, 0.15) is 5.50 Å². The number of rotatable bonds is 1. The van der Waals surface area contributed by atoms with Gasteiger partial charge in [-0.25, -0.2) is 0 Å². The second kappa shape index (κ2) is 3.38. The Bertz CT molecular complexity index is 326. The van der Waals surface area contributed by atoms with Gasteiger partial charge in [0, 0.05) is 6.54 Å². The molecule has 1 aromatic rings. The summed E-state index contributed by atoms with van der Waals surface area (Å²) in [7, 11) is 0. The number of carbonyl (C=O) groups is 1. The third kappa shape index (κ3) is 1.42. The summed E-state index contributed by atoms with van der Waals surface area (Å²) < 4.78 is 0. The van der Waals surface area contributed by atoms with Crippen molar-refractivity contribution in [1.82, 2.24) is 4.90 Å². The lowest BCUT2D eigenvalue weighted by atomic mass is 10.0. The molecule has 0 fully saturated rings. The number of halogens is 1. The lowest BCUT2D eigenvalue weighted by Gasteiger charge is -2.30. The Hall–Kier alpha value is -1.02. The summed E-state index contributed by atoms with van der Waals surface area (Å²) in [5, 5.41) is 0. The molecule has 0 aliphatic carbocycles. The van der Waals surface area contributed by atoms with Crippen molar-refractivity contribution in [1.29, 1.82) is 0 Å². The number of hydrogen-bond acceptors (Lipinski definition) is 1. The molecular formula is C10H10ClNO. The number of carbonyl (C=O) groups excluding carboxylic acids is 1. The van der Waals surface area contributed by atoms with Crippen molar-refractivity contribution in [3.8, 4) is 0 Å². The quantitative estimate of drug-likeness (QED) is 0.381. The van der Waals surface area contributed by atoms with Crippen LogP contribution in [0.25, 0.3) is 0 Å². The zero-order valence-electron chi connectivity index (χ0n) is 7.11. The third-order valence-electron chi connectivity index (χ3n) is 2.38. The second-order valence-corrected chi connectivity index (χ2v) is 3.54. The van der Waals surface area contributed by atoms with Crippen LogP contribution in [0.15, 0.2) is 24.3 Å². The van der Waals surface area contributed by atoms with Gasteiger partial charge in [0.2, 0.25) is 6.41 Å². The number of alkyl halides is 1. The van der Waals surface area contributed by atoms with Gasteiger partial charge in [0.25, 0.3) is 0 Å². The van der Waals surface area contributed by atoms with E-state index >= 15 is 0 Å². The molecule has 0 spiro atoms. The Labute approximate surface area is 82.1 Å². The van der Waals surface area contributed by atoms with Gasteiger partial charge in [0.15, 0.2) is 0 Å². The minimum absolute atomic E-state index is 0.289. The van der Waals surface area contributed by atoms with E-state index in [-0.39, 0.29) is 5.50 Å². The van der Waals surface area contributed by atoms with Crippen LogP contribution >= 0.6 is 11.6 Å². The minimum Gasteiger partial charge on any atom is -0.324 e. The molecule has 0 saturated carbocycles. The lowest BCUT2D eigenvalue weighted by molar-refractivity contribution is -0.119. The van der Waals surface area contributed by atoms with Crippen molar-refractivity contribution in [3.63, 3.8) is 0 Å². The molecule has 1 unspecified atom stereocenters. The molecule has 2 rings (SSSR count). The zero-order valence-corrected chi connectivity index (χ0v) is 7.87. The summed E-state index contributed by atoms with van der Waals surface area (Å²) in [5.41, 5.74) is 2.02. The first-order valence-corrected chi connectivity index (χ1v) is 4.69. The monoisotopic (exact) mass is 195 g/mol. The average molecular weight is 196 g/mol. The van der Waals surface area contributed by atoms with Crippen LogP contribution in [-0.2, 0) is 11.2 Å². The van der Waals surface area contributed by atoms with Crippen LogP contribution in [0.3, 0.4) is 0 Å². The first kappa shape index (κ1) is 8.57. The number of hydrogen-bond donors (Lipinski definition) is 0. The highest BCUT2D eigenvalue weighted by molar-refractivity contribution is 6.21. The van der Waals surface area contributed by atoms with Crippen LogP contribution in [0.5, 0.6) is 0 Å². The first-order chi connectivity index (χ1) is 6.33. The molecule has 2 nitrogen and oxygen atoms in total. The molecule has 0 saturated heterocycles. The second-order valence-electron chi connectivity index (χ2n) is 3.13. The summed E-state index contributed by atoms with van der Waals surface area (Å²) in [4.78, 5) is 12.2. The molecule has 1 aromatic carbocycles. The van der Waals surface area contributed by atoms with E-state index in [1.54, 1.807) is 4.90 Å². The van der Waals surface area contributed by atoms with E-state index in [2.05, 4.69) is 6.07 Å². The number of nitrogens with zero attached hydrogens (tertiary/aromatic N) is 1. The minimum atomic E-state index is -0.289. The van der Waals surface area contributed by atoms with Gasteiger partial charge in [-0.05, 0) is 17.5 Å². The number of amides is 1. The summed E-state index contributed by atoms with van der Waals surface area (Å²) in [6, 6.07) is 7.98. The summed E-state index contributed by atoms with van der Waals surface area (Å²) >= 11 is 6.11. The fourth-order valence-corrected chi connectivity index (χ4v) is 2.00. The van der Waals surface area contributed by atoms with Crippen molar-refractivity contribution in [2.24, 2.45) is 0 Å². The highest BCUT2D eigenvalue weighted by Crippen LogP contribution is 2.31. The number of benzene rings is 1. The lowest BCUT2D eigenvalue weighted by Crippen LogP contribution is -2.31. The van der Waals surface area contributed by atoms with Gasteiger partial charge < -0.3 is 4.90 Å². The van der Waals surface area contributed by atoms with Crippen molar-refractivity contribution in [3.05, 3.63) is 35.4 Å². The molecule has 1 aliphatic rings. The maximum absolute atomic E-state index is 10.6. The molecule has 0 radical (unpaired) electrons. The fourth-order valence-electron chi connectivity index (χ4n) is 1.64. The van der Waals surface area contributed by atoms with Crippen LogP contribution in [-0.4, -0.2) is 17.9 Å². The van der Waals surface area contributed by atoms with Gasteiger partial charge in [-0.1, -0.05) is 35.9 Å². The third-order valence-corrected chi connectivity index (χ3v) is 2.86. The largest absolute Gasteiger partial charge is 0.324 e. The smallest absolute Gasteiger partial charge is 0.211 e. The molecule has 0 bridgehead atoms. The van der Waals surface area contributed by atoms with Gasteiger partial charge in [-0.3, -0.25) is 4.79 Å². The molecule has 1 amide bonds. The van der Waals surface area contributed by atoms with Crippen molar-refractivity contribution in [2.75, 3.05) is 6.54 Å². The maximum atomic E-state index is 10.6. The van der Waals surface area contributed by atoms with Gasteiger partial charge in [-0.2, -0.15) is 0 Å². The fraction of sp³-hybridized carbons (Fsp3) is 0.300. The van der Waals surface area contributed by atoms with E-state index in [9.17, 15) is 4.79 Å². The Balaban J connectivity index is 2.38. The van der Waals surface area contributed by atoms with E-state index in [0.29, 0.717) is 6.54 Å². The summed E-state index contributed by atoms with van der Waals surface area (Å²) in [5.74, 6) is 0. The van der Waals surface area contributed by atoms with E-state index in [4.69, 9.17) is 11.6 Å². The zero-order chi connectivity index (χ0) is 9.26. The van der Waals surface area contributed by atoms with Crippen LogP contribution in [0, 0.1) is 0 Å². The normalized spacial score (nSPS) is 21.0. The van der Waals surface area contributed by atoms with Crippen LogP contribution < -0.4 is 0 Å². The Kier molecular flexibility index (Phi) is 2.23. The molecule has 0 N–H and O–H groups in total. The van der Waals surface area contributed by atoms with Gasteiger partial charge >= 0.3 is 0 Å². The van der Waals surface area contributed by atoms with E-state index in [1.807, 2.05) is 18.2 Å². The standard InChI is InChI=1S/C10H10ClNO/c11-10-9-4-2-1-3-8(9)5-6-12(10)7-13/h1-4,7,10H,5-6H2. The molecule has 1 aliphatic heterocycles. The maximum Gasteiger partial charge on any atom is 0.211 e. The van der Waals surface area contributed by atoms with Crippen molar-refractivity contribution in [2.45, 2.75) is 11.9 Å². The molecule has 68 valence electrons. The predicted octanol–water partition coefficient (Wildman–Crippen LogP) is 1.94. The number of fused-ring (bicyclic) bond motifs is 1. The molecule has 1 heterocycles. The van der Waals surface area contributed by atoms with Crippen LogP contribution in [0.4, 0.5) is 0 Å². The Morgan fingerprint density at radius 2 is 2.23 bits per heavy atom. The van der Waals surface area contributed by atoms with Crippen LogP contribution in [0.1, 0.15) is 16.6 Å². The van der Waals surface area contributed by atoms with Crippen molar-refractivity contribution >= 4 is 18.0 Å². The molecule has 3 heteroatoms. The van der Waals surface area contributed by atoms with E-state index < -0.39 is 0 Å². The van der Waals surface area contributed by atoms with E-state index in [0.717, 1.165) is 18.4 Å². The average Bonchev–Trinajstić information content (AvgIpc) is 2.19. The Morgan fingerprint density at radius 1 is 1.46 bits per heavy atom.